The standard InChI is InChI=1S/C12H21NO2/c1-12(2,3)11(14-4)10(13)7-9-5-6-15-8-9/h5-6,8,10-11H,7,13H2,1-4H3. The molecule has 2 N–H and O–H groups in total. The van der Waals surface area contributed by atoms with Crippen LogP contribution in [0.5, 0.6) is 0 Å². The van der Waals surface area contributed by atoms with Crippen molar-refractivity contribution in [2.45, 2.75) is 39.3 Å². The average molecular weight is 211 g/mol. The first-order valence-corrected chi connectivity index (χ1v) is 5.24. The molecule has 0 aliphatic rings. The molecule has 0 saturated carbocycles. The number of hydrogen-bond donors (Lipinski definition) is 1. The predicted molar refractivity (Wildman–Crippen MR) is 60.6 cm³/mol. The molecule has 2 atom stereocenters. The lowest BCUT2D eigenvalue weighted by atomic mass is 9.83. The number of methoxy groups -OCH3 is 1. The number of nitrogens with two attached hydrogens (primary N) is 1. The summed E-state index contributed by atoms with van der Waals surface area (Å²) in [5.41, 5.74) is 7.31. The third-order valence-electron chi connectivity index (χ3n) is 2.55. The van der Waals surface area contributed by atoms with Crippen LogP contribution in [0.4, 0.5) is 0 Å². The van der Waals surface area contributed by atoms with E-state index in [4.69, 9.17) is 14.9 Å². The first kappa shape index (κ1) is 12.3. The molecule has 3 heteroatoms. The quantitative estimate of drug-likeness (QED) is 0.830. The van der Waals surface area contributed by atoms with Gasteiger partial charge in [0.05, 0.1) is 18.6 Å². The monoisotopic (exact) mass is 211 g/mol. The minimum Gasteiger partial charge on any atom is -0.472 e. The van der Waals surface area contributed by atoms with Crippen LogP contribution in [0.25, 0.3) is 0 Å². The first-order valence-electron chi connectivity index (χ1n) is 5.24. The first-order chi connectivity index (χ1) is 6.95. The van der Waals surface area contributed by atoms with Crippen molar-refractivity contribution in [3.05, 3.63) is 24.2 Å². The van der Waals surface area contributed by atoms with Crippen LogP contribution in [-0.4, -0.2) is 19.3 Å². The van der Waals surface area contributed by atoms with E-state index in [2.05, 4.69) is 20.8 Å². The lowest BCUT2D eigenvalue weighted by Crippen LogP contribution is -2.45. The molecule has 0 aliphatic carbocycles. The minimum absolute atomic E-state index is 0.00685. The lowest BCUT2D eigenvalue weighted by Gasteiger charge is -2.33. The zero-order valence-corrected chi connectivity index (χ0v) is 9.99. The molecule has 86 valence electrons. The molecule has 0 aromatic carbocycles. The third kappa shape index (κ3) is 3.36. The molecule has 0 radical (unpaired) electrons. The second kappa shape index (κ2) is 4.81. The van der Waals surface area contributed by atoms with Gasteiger partial charge >= 0.3 is 0 Å². The zero-order chi connectivity index (χ0) is 11.5. The van der Waals surface area contributed by atoms with E-state index in [-0.39, 0.29) is 17.6 Å². The van der Waals surface area contributed by atoms with E-state index < -0.39 is 0 Å². The Bertz CT molecular complexity index is 274. The Balaban J connectivity index is 2.62. The maximum Gasteiger partial charge on any atom is 0.0935 e. The summed E-state index contributed by atoms with van der Waals surface area (Å²) in [4.78, 5) is 0. The smallest absolute Gasteiger partial charge is 0.0935 e. The van der Waals surface area contributed by atoms with E-state index in [1.165, 1.54) is 0 Å². The number of furan rings is 1. The van der Waals surface area contributed by atoms with Gasteiger partial charge in [-0.15, -0.1) is 0 Å². The summed E-state index contributed by atoms with van der Waals surface area (Å²) < 4.78 is 10.5. The normalized spacial score (nSPS) is 16.3. The second-order valence-corrected chi connectivity index (χ2v) is 5.02. The zero-order valence-electron chi connectivity index (χ0n) is 9.99. The minimum atomic E-state index is -0.00685. The van der Waals surface area contributed by atoms with Crippen LogP contribution in [0.15, 0.2) is 23.0 Å². The van der Waals surface area contributed by atoms with Crippen molar-refractivity contribution in [3.8, 4) is 0 Å². The van der Waals surface area contributed by atoms with Crippen molar-refractivity contribution < 1.29 is 9.15 Å². The Morgan fingerprint density at radius 1 is 1.47 bits per heavy atom. The highest BCUT2D eigenvalue weighted by Gasteiger charge is 2.30. The highest BCUT2D eigenvalue weighted by atomic mass is 16.5. The Morgan fingerprint density at radius 3 is 2.53 bits per heavy atom. The molecule has 0 amide bonds. The van der Waals surface area contributed by atoms with Crippen molar-refractivity contribution in [3.63, 3.8) is 0 Å². The Labute approximate surface area is 91.6 Å². The molecule has 1 aromatic rings. The van der Waals surface area contributed by atoms with Gasteiger partial charge in [0, 0.05) is 13.2 Å². The summed E-state index contributed by atoms with van der Waals surface area (Å²) >= 11 is 0. The van der Waals surface area contributed by atoms with Crippen molar-refractivity contribution in [2.75, 3.05) is 7.11 Å². The van der Waals surface area contributed by atoms with Crippen LogP contribution in [0.2, 0.25) is 0 Å². The largest absolute Gasteiger partial charge is 0.472 e. The molecule has 1 heterocycles. The highest BCUT2D eigenvalue weighted by molar-refractivity contribution is 5.08. The van der Waals surface area contributed by atoms with Crippen molar-refractivity contribution in [1.82, 2.24) is 0 Å². The van der Waals surface area contributed by atoms with Crippen LogP contribution >= 0.6 is 0 Å². The molecule has 0 saturated heterocycles. The second-order valence-electron chi connectivity index (χ2n) is 5.02. The van der Waals surface area contributed by atoms with E-state index >= 15 is 0 Å². The summed E-state index contributed by atoms with van der Waals surface area (Å²) in [6, 6.07) is 1.93. The topological polar surface area (TPSA) is 48.4 Å². The SMILES string of the molecule is COC(C(N)Cc1ccoc1)C(C)(C)C. The van der Waals surface area contributed by atoms with Gasteiger partial charge in [0.25, 0.3) is 0 Å². The number of ether oxygens (including phenoxy) is 1. The molecular formula is C12H21NO2. The molecule has 1 aromatic heterocycles. The van der Waals surface area contributed by atoms with Crippen molar-refractivity contribution >= 4 is 0 Å². The van der Waals surface area contributed by atoms with Crippen LogP contribution in [0, 0.1) is 5.41 Å². The Morgan fingerprint density at radius 2 is 2.13 bits per heavy atom. The summed E-state index contributed by atoms with van der Waals surface area (Å²) in [6.07, 6.45) is 4.23. The molecule has 2 unspecified atom stereocenters. The van der Waals surface area contributed by atoms with Gasteiger partial charge in [-0.1, -0.05) is 20.8 Å². The molecule has 0 aliphatic heterocycles. The Hall–Kier alpha value is -0.800. The summed E-state index contributed by atoms with van der Waals surface area (Å²) in [5.74, 6) is 0. The molecule has 1 rings (SSSR count). The molecule has 15 heavy (non-hydrogen) atoms. The lowest BCUT2D eigenvalue weighted by molar-refractivity contribution is -0.00167. The van der Waals surface area contributed by atoms with Gasteiger partial charge in [0.15, 0.2) is 0 Å². The molecule has 0 fully saturated rings. The van der Waals surface area contributed by atoms with Gasteiger partial charge in [-0.05, 0) is 23.5 Å². The van der Waals surface area contributed by atoms with E-state index in [1.807, 2.05) is 6.07 Å². The van der Waals surface area contributed by atoms with E-state index in [0.29, 0.717) is 0 Å². The van der Waals surface area contributed by atoms with Gasteiger partial charge in [0.1, 0.15) is 0 Å². The predicted octanol–water partition coefficient (Wildman–Crippen LogP) is 2.21. The van der Waals surface area contributed by atoms with Gasteiger partial charge in [-0.3, -0.25) is 0 Å². The fourth-order valence-corrected chi connectivity index (χ4v) is 1.96. The molecule has 0 spiro atoms. The fourth-order valence-electron chi connectivity index (χ4n) is 1.96. The van der Waals surface area contributed by atoms with E-state index in [1.54, 1.807) is 19.6 Å². The molecule has 0 bridgehead atoms. The van der Waals surface area contributed by atoms with Crippen LogP contribution in [-0.2, 0) is 11.2 Å². The van der Waals surface area contributed by atoms with Gasteiger partial charge in [0.2, 0.25) is 0 Å². The number of rotatable bonds is 4. The maximum atomic E-state index is 6.14. The van der Waals surface area contributed by atoms with Crippen LogP contribution < -0.4 is 5.73 Å². The van der Waals surface area contributed by atoms with Crippen LogP contribution in [0.1, 0.15) is 26.3 Å². The fraction of sp³-hybridized carbons (Fsp3) is 0.667. The average Bonchev–Trinajstić information content (AvgIpc) is 2.54. The van der Waals surface area contributed by atoms with Gasteiger partial charge in [-0.25, -0.2) is 0 Å². The Kier molecular flexibility index (Phi) is 3.94. The van der Waals surface area contributed by atoms with Crippen molar-refractivity contribution in [1.29, 1.82) is 0 Å². The molecular weight excluding hydrogens is 190 g/mol. The van der Waals surface area contributed by atoms with E-state index in [9.17, 15) is 0 Å². The van der Waals surface area contributed by atoms with Gasteiger partial charge in [-0.2, -0.15) is 0 Å². The summed E-state index contributed by atoms with van der Waals surface area (Å²) in [6.45, 7) is 6.41. The number of hydrogen-bond acceptors (Lipinski definition) is 3. The summed E-state index contributed by atoms with van der Waals surface area (Å²) in [7, 11) is 1.71. The highest BCUT2D eigenvalue weighted by Crippen LogP contribution is 2.25. The third-order valence-corrected chi connectivity index (χ3v) is 2.55. The summed E-state index contributed by atoms with van der Waals surface area (Å²) in [5, 5.41) is 0. The maximum absolute atomic E-state index is 6.14. The molecule has 3 nitrogen and oxygen atoms in total. The van der Waals surface area contributed by atoms with Gasteiger partial charge < -0.3 is 14.9 Å². The van der Waals surface area contributed by atoms with Crippen LogP contribution in [0.3, 0.4) is 0 Å². The van der Waals surface area contributed by atoms with E-state index in [0.717, 1.165) is 12.0 Å². The van der Waals surface area contributed by atoms with Crippen molar-refractivity contribution in [2.24, 2.45) is 11.1 Å².